The van der Waals surface area contributed by atoms with Gasteiger partial charge in [0.25, 0.3) is 0 Å². The normalized spacial score (nSPS) is 49.7. The fourth-order valence-corrected chi connectivity index (χ4v) is 2.16. The third-order valence-corrected chi connectivity index (χ3v) is 2.93. The van der Waals surface area contributed by atoms with Crippen molar-refractivity contribution in [3.05, 3.63) is 0 Å². The highest BCUT2D eigenvalue weighted by molar-refractivity contribution is 4.85. The van der Waals surface area contributed by atoms with Crippen molar-refractivity contribution in [1.29, 1.82) is 0 Å². The van der Waals surface area contributed by atoms with Gasteiger partial charge in [-0.25, -0.2) is 0 Å². The predicted molar refractivity (Wildman–Crippen MR) is 38.4 cm³/mol. The van der Waals surface area contributed by atoms with Crippen molar-refractivity contribution in [2.24, 2.45) is 5.92 Å². The Bertz CT molecular complexity index is 111. The number of fused-ring (bicyclic) bond motifs is 2. The molecule has 0 aromatic heterocycles. The van der Waals surface area contributed by atoms with Crippen molar-refractivity contribution in [3.63, 3.8) is 0 Å². The van der Waals surface area contributed by atoms with E-state index in [1.807, 2.05) is 0 Å². The summed E-state index contributed by atoms with van der Waals surface area (Å²) in [5.41, 5.74) is 0. The maximum atomic E-state index is 2.63. The summed E-state index contributed by atoms with van der Waals surface area (Å²) in [6.07, 6.45) is 4.42. The smallest absolute Gasteiger partial charge is 0.00671 e. The van der Waals surface area contributed by atoms with Crippen LogP contribution >= 0.6 is 0 Å². The molecule has 0 amide bonds. The second kappa shape index (κ2) is 1.98. The Balaban J connectivity index is 2.05. The maximum Gasteiger partial charge on any atom is 0.00671 e. The Kier molecular flexibility index (Phi) is 1.26. The molecule has 0 aromatic rings. The van der Waals surface area contributed by atoms with Crippen molar-refractivity contribution in [1.82, 2.24) is 4.90 Å². The van der Waals surface area contributed by atoms with Crippen molar-refractivity contribution >= 4 is 0 Å². The predicted octanol–water partition coefficient (Wildman–Crippen LogP) is 1.49. The molecule has 2 aliphatic rings. The van der Waals surface area contributed by atoms with Gasteiger partial charge in [-0.1, -0.05) is 0 Å². The molecule has 0 aliphatic carbocycles. The van der Waals surface area contributed by atoms with Gasteiger partial charge in [0.15, 0.2) is 0 Å². The number of piperidine rings is 1. The minimum atomic E-state index is 0.892. The molecule has 0 saturated carbocycles. The number of hydrogen-bond acceptors (Lipinski definition) is 1. The SMILES string of the molecule is CC1CCC2CCN1C2. The summed E-state index contributed by atoms with van der Waals surface area (Å²) in [4.78, 5) is 2.63. The van der Waals surface area contributed by atoms with Gasteiger partial charge < -0.3 is 4.90 Å². The lowest BCUT2D eigenvalue weighted by Crippen LogP contribution is -2.34. The van der Waals surface area contributed by atoms with Crippen LogP contribution in [-0.2, 0) is 0 Å². The second-order valence-corrected chi connectivity index (χ2v) is 3.58. The number of hydrogen-bond donors (Lipinski definition) is 0. The van der Waals surface area contributed by atoms with Crippen LogP contribution in [0.5, 0.6) is 0 Å². The highest BCUT2D eigenvalue weighted by Crippen LogP contribution is 2.30. The molecule has 0 N–H and O–H groups in total. The van der Waals surface area contributed by atoms with E-state index in [1.54, 1.807) is 0 Å². The summed E-state index contributed by atoms with van der Waals surface area (Å²) in [7, 11) is 0. The van der Waals surface area contributed by atoms with Gasteiger partial charge in [0.05, 0.1) is 0 Å². The zero-order valence-corrected chi connectivity index (χ0v) is 6.14. The van der Waals surface area contributed by atoms with Gasteiger partial charge in [-0.2, -0.15) is 0 Å². The molecule has 2 rings (SSSR count). The molecular weight excluding hydrogens is 110 g/mol. The summed E-state index contributed by atoms with van der Waals surface area (Å²) in [6, 6.07) is 0.892. The van der Waals surface area contributed by atoms with E-state index in [-0.39, 0.29) is 0 Å². The molecule has 0 radical (unpaired) electrons. The molecule has 2 heterocycles. The number of rotatable bonds is 0. The lowest BCUT2D eigenvalue weighted by molar-refractivity contribution is 0.195. The van der Waals surface area contributed by atoms with Crippen LogP contribution in [0.4, 0.5) is 0 Å². The minimum Gasteiger partial charge on any atom is -0.300 e. The zero-order valence-electron chi connectivity index (χ0n) is 6.14. The van der Waals surface area contributed by atoms with Gasteiger partial charge >= 0.3 is 0 Å². The van der Waals surface area contributed by atoms with Crippen LogP contribution in [0.1, 0.15) is 26.2 Å². The summed E-state index contributed by atoms with van der Waals surface area (Å²) in [5, 5.41) is 0. The zero-order chi connectivity index (χ0) is 6.27. The minimum absolute atomic E-state index is 0.892. The third-order valence-electron chi connectivity index (χ3n) is 2.93. The fourth-order valence-electron chi connectivity index (χ4n) is 2.16. The van der Waals surface area contributed by atoms with E-state index in [0.29, 0.717) is 0 Å². The Hall–Kier alpha value is -0.0400. The van der Waals surface area contributed by atoms with Crippen LogP contribution in [0, 0.1) is 5.92 Å². The standard InChI is InChI=1S/C8H15N/c1-7-2-3-8-4-5-9(7)6-8/h7-8H,2-6H2,1H3. The Morgan fingerprint density at radius 2 is 2.11 bits per heavy atom. The van der Waals surface area contributed by atoms with Crippen LogP contribution in [0.25, 0.3) is 0 Å². The molecule has 1 nitrogen and oxygen atoms in total. The van der Waals surface area contributed by atoms with Crippen molar-refractivity contribution in [2.75, 3.05) is 13.1 Å². The monoisotopic (exact) mass is 125 g/mol. The molecule has 3 unspecified atom stereocenters. The second-order valence-electron chi connectivity index (χ2n) is 3.58. The van der Waals surface area contributed by atoms with Crippen molar-refractivity contribution in [3.8, 4) is 0 Å². The average Bonchev–Trinajstić information content (AvgIpc) is 2.25. The van der Waals surface area contributed by atoms with Crippen molar-refractivity contribution in [2.45, 2.75) is 32.2 Å². The van der Waals surface area contributed by atoms with Gasteiger partial charge in [-0.15, -0.1) is 0 Å². The average molecular weight is 125 g/mol. The number of nitrogens with zero attached hydrogens (tertiary/aromatic N) is 1. The van der Waals surface area contributed by atoms with E-state index in [9.17, 15) is 0 Å². The first-order valence-corrected chi connectivity index (χ1v) is 4.10. The summed E-state index contributed by atoms with van der Waals surface area (Å²) < 4.78 is 0. The first-order valence-electron chi connectivity index (χ1n) is 4.10. The molecule has 0 aromatic carbocycles. The third kappa shape index (κ3) is 0.877. The fraction of sp³-hybridized carbons (Fsp3) is 1.00. The molecule has 0 spiro atoms. The van der Waals surface area contributed by atoms with Crippen LogP contribution in [-0.4, -0.2) is 24.0 Å². The summed E-state index contributed by atoms with van der Waals surface area (Å²) >= 11 is 0. The van der Waals surface area contributed by atoms with E-state index in [4.69, 9.17) is 0 Å². The Morgan fingerprint density at radius 1 is 1.22 bits per heavy atom. The van der Waals surface area contributed by atoms with E-state index < -0.39 is 0 Å². The van der Waals surface area contributed by atoms with E-state index >= 15 is 0 Å². The molecule has 2 aliphatic heterocycles. The molecule has 9 heavy (non-hydrogen) atoms. The first kappa shape index (κ1) is 5.72. The van der Waals surface area contributed by atoms with Crippen LogP contribution in [0.3, 0.4) is 0 Å². The van der Waals surface area contributed by atoms with Gasteiger partial charge in [0.2, 0.25) is 0 Å². The topological polar surface area (TPSA) is 3.24 Å². The van der Waals surface area contributed by atoms with E-state index in [0.717, 1.165) is 12.0 Å². The molecule has 52 valence electrons. The van der Waals surface area contributed by atoms with Gasteiger partial charge in [0, 0.05) is 12.6 Å². The molecule has 3 atom stereocenters. The first-order chi connectivity index (χ1) is 4.36. The van der Waals surface area contributed by atoms with Crippen LogP contribution in [0.15, 0.2) is 0 Å². The quantitative estimate of drug-likeness (QED) is 0.474. The molecule has 2 saturated heterocycles. The highest BCUT2D eigenvalue weighted by Gasteiger charge is 2.30. The van der Waals surface area contributed by atoms with Crippen LogP contribution in [0.2, 0.25) is 0 Å². The summed E-state index contributed by atoms with van der Waals surface area (Å²) in [5.74, 6) is 1.07. The molecule has 1 heteroatoms. The molecule has 2 bridgehead atoms. The van der Waals surface area contributed by atoms with Crippen molar-refractivity contribution < 1.29 is 0 Å². The molecule has 2 fully saturated rings. The summed E-state index contributed by atoms with van der Waals surface area (Å²) in [6.45, 7) is 5.15. The van der Waals surface area contributed by atoms with Gasteiger partial charge in [-0.3, -0.25) is 0 Å². The lowest BCUT2D eigenvalue weighted by atomic mass is 9.97. The lowest BCUT2D eigenvalue weighted by Gasteiger charge is -2.28. The molecular formula is C8H15N. The van der Waals surface area contributed by atoms with E-state index in [1.165, 1.54) is 32.4 Å². The Morgan fingerprint density at radius 3 is 2.89 bits per heavy atom. The Labute approximate surface area is 57.0 Å². The highest BCUT2D eigenvalue weighted by atomic mass is 15.2. The van der Waals surface area contributed by atoms with E-state index in [2.05, 4.69) is 11.8 Å². The van der Waals surface area contributed by atoms with Crippen LogP contribution < -0.4 is 0 Å². The largest absolute Gasteiger partial charge is 0.300 e. The van der Waals surface area contributed by atoms with Gasteiger partial charge in [0.1, 0.15) is 0 Å². The van der Waals surface area contributed by atoms with Gasteiger partial charge in [-0.05, 0) is 38.6 Å². The maximum absolute atomic E-state index is 2.63.